The maximum atomic E-state index is 14.6. The molecule has 0 unspecified atom stereocenters. The van der Waals surface area contributed by atoms with Crippen molar-refractivity contribution in [2.45, 2.75) is 45.9 Å². The highest BCUT2D eigenvalue weighted by molar-refractivity contribution is 5.73. The molecule has 8 heteroatoms. The Balaban J connectivity index is 1.49. The number of hydrogen-bond acceptors (Lipinski definition) is 5. The monoisotopic (exact) mass is 386 g/mol. The average molecular weight is 386 g/mol. The van der Waals surface area contributed by atoms with Crippen LogP contribution in [-0.2, 0) is 17.9 Å². The van der Waals surface area contributed by atoms with Gasteiger partial charge in [-0.2, -0.15) is 5.10 Å². The van der Waals surface area contributed by atoms with E-state index in [0.29, 0.717) is 44.6 Å². The lowest BCUT2D eigenvalue weighted by atomic mass is 10.1. The van der Waals surface area contributed by atoms with Gasteiger partial charge in [-0.3, -0.25) is 9.59 Å². The Hall–Kier alpha value is -2.90. The highest BCUT2D eigenvalue weighted by Crippen LogP contribution is 2.33. The second-order valence-electron chi connectivity index (χ2n) is 7.44. The van der Waals surface area contributed by atoms with Crippen molar-refractivity contribution >= 4 is 11.6 Å². The van der Waals surface area contributed by atoms with E-state index < -0.39 is 0 Å². The van der Waals surface area contributed by atoms with E-state index in [0.717, 1.165) is 16.8 Å². The van der Waals surface area contributed by atoms with E-state index in [2.05, 4.69) is 10.2 Å². The summed E-state index contributed by atoms with van der Waals surface area (Å²) >= 11 is 0. The topological polar surface area (TPSA) is 78.5 Å². The molecular formula is C20H23FN4O3. The van der Waals surface area contributed by atoms with Crippen molar-refractivity contribution in [1.82, 2.24) is 15.1 Å². The molecule has 0 spiro atoms. The first kappa shape index (κ1) is 18.5. The van der Waals surface area contributed by atoms with Crippen molar-refractivity contribution in [1.29, 1.82) is 0 Å². The van der Waals surface area contributed by atoms with Crippen LogP contribution in [0.15, 0.2) is 23.1 Å². The average Bonchev–Trinajstić information content (AvgIpc) is 3.07. The van der Waals surface area contributed by atoms with Crippen molar-refractivity contribution in [2.24, 2.45) is 0 Å². The molecule has 0 saturated carbocycles. The van der Waals surface area contributed by atoms with Gasteiger partial charge in [0, 0.05) is 51.5 Å². The van der Waals surface area contributed by atoms with Crippen molar-refractivity contribution < 1.29 is 13.9 Å². The van der Waals surface area contributed by atoms with Crippen molar-refractivity contribution in [3.8, 4) is 5.75 Å². The van der Waals surface area contributed by atoms with Gasteiger partial charge in [0.2, 0.25) is 5.91 Å². The van der Waals surface area contributed by atoms with Gasteiger partial charge < -0.3 is 14.5 Å². The number of likely N-dealkylation sites (tertiary alicyclic amines) is 1. The van der Waals surface area contributed by atoms with E-state index in [4.69, 9.17) is 4.74 Å². The molecule has 3 heterocycles. The van der Waals surface area contributed by atoms with Crippen molar-refractivity contribution in [2.75, 3.05) is 18.0 Å². The highest BCUT2D eigenvalue weighted by Gasteiger charge is 2.26. The number of nitrogens with one attached hydrogen (secondary N) is 1. The van der Waals surface area contributed by atoms with Gasteiger partial charge in [-0.05, 0) is 30.2 Å². The first-order valence-electron chi connectivity index (χ1n) is 9.45. The minimum Gasteiger partial charge on any atom is -0.487 e. The number of H-pyrrole nitrogens is 1. The second-order valence-corrected chi connectivity index (χ2v) is 7.44. The van der Waals surface area contributed by atoms with E-state index in [-0.39, 0.29) is 29.1 Å². The van der Waals surface area contributed by atoms with Crippen LogP contribution in [0.2, 0.25) is 0 Å². The number of amides is 1. The standard InChI is InChI=1S/C20H23FN4O3/c1-12-18(9-22-23-20(12)27)25-10-14-7-17(21)19(8-15(14)11-25)28-16-3-5-24(6-4-16)13(2)26/h7-9,16H,3-6,10-11H2,1-2H3,(H,23,27). The SMILES string of the molecule is CC(=O)N1CCC(Oc2cc3c(cc2F)CN(c2cn[nH]c(=O)c2C)C3)CC1. The number of nitrogens with zero attached hydrogens (tertiary/aromatic N) is 3. The predicted molar refractivity (Wildman–Crippen MR) is 102 cm³/mol. The molecule has 0 aliphatic carbocycles. The smallest absolute Gasteiger partial charge is 0.269 e. The maximum absolute atomic E-state index is 14.6. The number of aromatic nitrogens is 2. The van der Waals surface area contributed by atoms with Gasteiger partial charge in [-0.15, -0.1) is 0 Å². The number of carbonyl (C=O) groups is 1. The molecule has 2 aliphatic rings. The normalized spacial score (nSPS) is 17.0. The van der Waals surface area contributed by atoms with E-state index in [1.807, 2.05) is 4.90 Å². The van der Waals surface area contributed by atoms with Crippen molar-refractivity contribution in [3.63, 3.8) is 0 Å². The first-order chi connectivity index (χ1) is 13.4. The molecule has 7 nitrogen and oxygen atoms in total. The quantitative estimate of drug-likeness (QED) is 0.874. The van der Waals surface area contributed by atoms with E-state index >= 15 is 0 Å². The van der Waals surface area contributed by atoms with E-state index in [9.17, 15) is 14.0 Å². The molecule has 0 atom stereocenters. The number of halogens is 1. The molecule has 1 amide bonds. The number of ether oxygens (including phenoxy) is 1. The lowest BCUT2D eigenvalue weighted by Gasteiger charge is -2.31. The fourth-order valence-corrected chi connectivity index (χ4v) is 3.89. The molecular weight excluding hydrogens is 363 g/mol. The van der Waals surface area contributed by atoms with Crippen LogP contribution in [-0.4, -0.2) is 40.2 Å². The number of rotatable bonds is 3. The lowest BCUT2D eigenvalue weighted by molar-refractivity contribution is -0.130. The number of piperidine rings is 1. The molecule has 0 bridgehead atoms. The third-order valence-electron chi connectivity index (χ3n) is 5.58. The number of aromatic amines is 1. The molecule has 1 fully saturated rings. The molecule has 1 aromatic heterocycles. The Kier molecular flexibility index (Phi) is 4.78. The minimum absolute atomic E-state index is 0.0618. The summed E-state index contributed by atoms with van der Waals surface area (Å²) in [5, 5.41) is 6.30. The number of carbonyl (C=O) groups excluding carboxylic acids is 1. The molecule has 2 aliphatic heterocycles. The molecule has 148 valence electrons. The Morgan fingerprint density at radius 3 is 2.61 bits per heavy atom. The number of benzene rings is 1. The van der Waals surface area contributed by atoms with Crippen LogP contribution in [0.5, 0.6) is 5.75 Å². The van der Waals surface area contributed by atoms with Crippen LogP contribution in [0.1, 0.15) is 36.5 Å². The summed E-state index contributed by atoms with van der Waals surface area (Å²) in [6.45, 7) is 5.67. The zero-order chi connectivity index (χ0) is 19.8. The zero-order valence-electron chi connectivity index (χ0n) is 16.0. The third-order valence-corrected chi connectivity index (χ3v) is 5.58. The van der Waals surface area contributed by atoms with E-state index in [1.54, 1.807) is 31.0 Å². The van der Waals surface area contributed by atoms with Crippen LogP contribution in [0, 0.1) is 12.7 Å². The number of fused-ring (bicyclic) bond motifs is 1. The zero-order valence-corrected chi connectivity index (χ0v) is 16.0. The van der Waals surface area contributed by atoms with Gasteiger partial charge >= 0.3 is 0 Å². The fraction of sp³-hybridized carbons (Fsp3) is 0.450. The lowest BCUT2D eigenvalue weighted by Crippen LogP contribution is -2.40. The summed E-state index contributed by atoms with van der Waals surface area (Å²) in [5.41, 5.74) is 2.99. The first-order valence-corrected chi connectivity index (χ1v) is 9.45. The van der Waals surface area contributed by atoms with Crippen LogP contribution in [0.25, 0.3) is 0 Å². The third kappa shape index (κ3) is 3.46. The van der Waals surface area contributed by atoms with Crippen LogP contribution >= 0.6 is 0 Å². The summed E-state index contributed by atoms with van der Waals surface area (Å²) in [6.07, 6.45) is 2.92. The summed E-state index contributed by atoms with van der Waals surface area (Å²) < 4.78 is 20.5. The second kappa shape index (κ2) is 7.26. The van der Waals surface area contributed by atoms with Gasteiger partial charge in [0.05, 0.1) is 11.9 Å². The highest BCUT2D eigenvalue weighted by atomic mass is 19.1. The summed E-state index contributed by atoms with van der Waals surface area (Å²) in [5.74, 6) is -0.0650. The Morgan fingerprint density at radius 1 is 1.25 bits per heavy atom. The predicted octanol–water partition coefficient (Wildman–Crippen LogP) is 2.13. The Morgan fingerprint density at radius 2 is 1.93 bits per heavy atom. The maximum Gasteiger partial charge on any atom is 0.269 e. The van der Waals surface area contributed by atoms with Gasteiger partial charge in [0.1, 0.15) is 6.10 Å². The van der Waals surface area contributed by atoms with Crippen LogP contribution in [0.4, 0.5) is 10.1 Å². The summed E-state index contributed by atoms with van der Waals surface area (Å²) in [4.78, 5) is 27.0. The molecule has 1 saturated heterocycles. The van der Waals surface area contributed by atoms with Gasteiger partial charge in [0.15, 0.2) is 11.6 Å². The summed E-state index contributed by atoms with van der Waals surface area (Å²) in [6, 6.07) is 3.28. The van der Waals surface area contributed by atoms with Crippen molar-refractivity contribution in [3.05, 3.63) is 51.2 Å². The fourth-order valence-electron chi connectivity index (χ4n) is 3.89. The number of hydrogen-bond donors (Lipinski definition) is 1. The largest absolute Gasteiger partial charge is 0.487 e. The Bertz CT molecular complexity index is 966. The van der Waals surface area contributed by atoms with Crippen LogP contribution < -0.4 is 15.2 Å². The molecule has 4 rings (SSSR count). The van der Waals surface area contributed by atoms with Crippen LogP contribution in [0.3, 0.4) is 0 Å². The minimum atomic E-state index is -0.379. The van der Waals surface area contributed by atoms with E-state index in [1.165, 1.54) is 6.07 Å². The molecule has 28 heavy (non-hydrogen) atoms. The number of anilines is 1. The molecule has 1 aromatic carbocycles. The summed E-state index contributed by atoms with van der Waals surface area (Å²) in [7, 11) is 0. The van der Waals surface area contributed by atoms with Gasteiger partial charge in [0.25, 0.3) is 5.56 Å². The molecule has 2 aromatic rings. The van der Waals surface area contributed by atoms with Gasteiger partial charge in [-0.25, -0.2) is 9.49 Å². The molecule has 0 radical (unpaired) electrons. The molecule has 1 N–H and O–H groups in total. The van der Waals surface area contributed by atoms with Gasteiger partial charge in [-0.1, -0.05) is 0 Å². The Labute approximate surface area is 162 Å².